The lowest BCUT2D eigenvalue weighted by molar-refractivity contribution is 0.00259. The Morgan fingerprint density at radius 3 is 2.24 bits per heavy atom. The Kier molecular flexibility index (Phi) is 7.32. The third-order valence-electron chi connectivity index (χ3n) is 2.93. The molecule has 0 heterocycles. The van der Waals surface area contributed by atoms with Gasteiger partial charge in [0, 0.05) is 4.90 Å². The molecule has 0 aliphatic heterocycles. The van der Waals surface area contributed by atoms with E-state index >= 15 is 0 Å². The second-order valence-corrected chi connectivity index (χ2v) is 5.73. The zero-order valence-electron chi connectivity index (χ0n) is 12.9. The van der Waals surface area contributed by atoms with E-state index in [0.717, 1.165) is 16.2 Å². The van der Waals surface area contributed by atoms with Gasteiger partial charge in [-0.15, -0.1) is 11.8 Å². The van der Waals surface area contributed by atoms with E-state index in [1.807, 2.05) is 39.2 Å². The van der Waals surface area contributed by atoms with Crippen molar-refractivity contribution in [2.75, 3.05) is 19.5 Å². The van der Waals surface area contributed by atoms with Crippen molar-refractivity contribution in [1.29, 1.82) is 0 Å². The van der Waals surface area contributed by atoms with Crippen LogP contribution >= 0.6 is 11.8 Å². The quantitative estimate of drug-likeness (QED) is 0.476. The molecule has 1 aromatic carbocycles. The first-order valence-electron chi connectivity index (χ1n) is 6.70. The Morgan fingerprint density at radius 2 is 1.71 bits per heavy atom. The number of benzene rings is 1. The fourth-order valence-corrected chi connectivity index (χ4v) is 1.80. The smallest absolute Gasteiger partial charge is 0.338 e. The third kappa shape index (κ3) is 6.23. The average Bonchev–Trinajstić information content (AvgIpc) is 2.50. The van der Waals surface area contributed by atoms with Crippen LogP contribution in [0.5, 0.6) is 0 Å². The largest absolute Gasteiger partial charge is 0.495 e. The van der Waals surface area contributed by atoms with E-state index in [1.165, 1.54) is 0 Å². The standard InChI is InChI=1S/C16H22O4S/c1-11(2)12(3)19-9-14(17)10-20-16(18)13-5-7-15(21-4)8-6-13/h5-8,14,17H,9-10H2,1-4H3. The summed E-state index contributed by atoms with van der Waals surface area (Å²) in [6.45, 7) is 5.72. The number of carbonyl (C=O) groups is 1. The average molecular weight is 310 g/mol. The Balaban J connectivity index is 2.39. The molecule has 5 heteroatoms. The molecule has 1 unspecified atom stereocenters. The van der Waals surface area contributed by atoms with Crippen LogP contribution in [0.4, 0.5) is 0 Å². The topological polar surface area (TPSA) is 55.8 Å². The van der Waals surface area contributed by atoms with Gasteiger partial charge in [0.25, 0.3) is 0 Å². The fourth-order valence-electron chi connectivity index (χ4n) is 1.40. The van der Waals surface area contributed by atoms with Gasteiger partial charge in [-0.05, 0) is 56.9 Å². The number of carbonyl (C=O) groups excluding carboxylic acids is 1. The van der Waals surface area contributed by atoms with E-state index in [1.54, 1.807) is 23.9 Å². The van der Waals surface area contributed by atoms with E-state index < -0.39 is 12.1 Å². The maximum atomic E-state index is 11.8. The Morgan fingerprint density at radius 1 is 1.14 bits per heavy atom. The van der Waals surface area contributed by atoms with E-state index in [4.69, 9.17) is 9.47 Å². The van der Waals surface area contributed by atoms with E-state index in [-0.39, 0.29) is 13.2 Å². The molecule has 0 spiro atoms. The number of rotatable bonds is 7. The summed E-state index contributed by atoms with van der Waals surface area (Å²) in [6.07, 6.45) is 1.13. The highest BCUT2D eigenvalue weighted by Gasteiger charge is 2.12. The van der Waals surface area contributed by atoms with Crippen LogP contribution in [0, 0.1) is 0 Å². The van der Waals surface area contributed by atoms with E-state index in [0.29, 0.717) is 5.56 Å². The molecule has 0 fully saturated rings. The minimum absolute atomic E-state index is 0.0842. The monoisotopic (exact) mass is 310 g/mol. The van der Waals surface area contributed by atoms with Gasteiger partial charge < -0.3 is 14.6 Å². The molecule has 1 atom stereocenters. The molecule has 0 amide bonds. The predicted molar refractivity (Wildman–Crippen MR) is 84.5 cm³/mol. The molecule has 21 heavy (non-hydrogen) atoms. The molecule has 0 aliphatic carbocycles. The summed E-state index contributed by atoms with van der Waals surface area (Å²) in [5, 5.41) is 9.73. The Labute approximate surface area is 130 Å². The summed E-state index contributed by atoms with van der Waals surface area (Å²) in [5.74, 6) is 0.327. The molecular formula is C16H22O4S. The van der Waals surface area contributed by atoms with Crippen molar-refractivity contribution in [2.45, 2.75) is 31.8 Å². The van der Waals surface area contributed by atoms with Gasteiger partial charge in [-0.25, -0.2) is 4.79 Å². The third-order valence-corrected chi connectivity index (χ3v) is 3.67. The number of aliphatic hydroxyl groups is 1. The first-order chi connectivity index (χ1) is 9.93. The number of thioether (sulfide) groups is 1. The van der Waals surface area contributed by atoms with Crippen LogP contribution in [0.25, 0.3) is 0 Å². The van der Waals surface area contributed by atoms with Crippen molar-refractivity contribution >= 4 is 17.7 Å². The van der Waals surface area contributed by atoms with Crippen molar-refractivity contribution in [1.82, 2.24) is 0 Å². The predicted octanol–water partition coefficient (Wildman–Crippen LogP) is 3.26. The van der Waals surface area contributed by atoms with Crippen LogP contribution in [0.2, 0.25) is 0 Å². The van der Waals surface area contributed by atoms with E-state index in [9.17, 15) is 9.90 Å². The summed E-state index contributed by atoms with van der Waals surface area (Å²) < 4.78 is 10.4. The number of esters is 1. The maximum Gasteiger partial charge on any atom is 0.338 e. The molecule has 0 aromatic heterocycles. The van der Waals surface area contributed by atoms with E-state index in [2.05, 4.69) is 0 Å². The summed E-state index contributed by atoms with van der Waals surface area (Å²) >= 11 is 1.61. The lowest BCUT2D eigenvalue weighted by atomic mass is 10.2. The van der Waals surface area contributed by atoms with Gasteiger partial charge in [0.05, 0.1) is 11.3 Å². The number of hydrogen-bond acceptors (Lipinski definition) is 5. The van der Waals surface area contributed by atoms with Gasteiger partial charge in [-0.3, -0.25) is 0 Å². The minimum Gasteiger partial charge on any atom is -0.495 e. The van der Waals surface area contributed by atoms with Gasteiger partial charge in [0.2, 0.25) is 0 Å². The normalized spacial score (nSPS) is 11.7. The summed E-state index contributed by atoms with van der Waals surface area (Å²) in [7, 11) is 0. The zero-order chi connectivity index (χ0) is 15.8. The second-order valence-electron chi connectivity index (χ2n) is 4.85. The van der Waals surface area contributed by atoms with Gasteiger partial charge >= 0.3 is 5.97 Å². The first kappa shape index (κ1) is 17.6. The minimum atomic E-state index is -0.839. The van der Waals surface area contributed by atoms with Crippen molar-refractivity contribution < 1.29 is 19.4 Å². The van der Waals surface area contributed by atoms with Gasteiger partial charge in [-0.2, -0.15) is 0 Å². The van der Waals surface area contributed by atoms with Gasteiger partial charge in [-0.1, -0.05) is 0 Å². The van der Waals surface area contributed by atoms with Gasteiger partial charge in [0.1, 0.15) is 19.3 Å². The highest BCUT2D eigenvalue weighted by atomic mass is 32.2. The lowest BCUT2D eigenvalue weighted by Gasteiger charge is -2.14. The molecule has 0 aliphatic rings. The first-order valence-corrected chi connectivity index (χ1v) is 7.92. The molecule has 0 bridgehead atoms. The molecule has 0 saturated heterocycles. The summed E-state index contributed by atoms with van der Waals surface area (Å²) in [4.78, 5) is 12.9. The van der Waals surface area contributed by atoms with Crippen molar-refractivity contribution in [3.05, 3.63) is 41.2 Å². The molecule has 1 aromatic rings. The fraction of sp³-hybridized carbons (Fsp3) is 0.438. The van der Waals surface area contributed by atoms with Crippen molar-refractivity contribution in [3.63, 3.8) is 0 Å². The van der Waals surface area contributed by atoms with Crippen LogP contribution in [0.3, 0.4) is 0 Å². The molecule has 116 valence electrons. The molecule has 0 saturated carbocycles. The number of aliphatic hydroxyl groups excluding tert-OH is 1. The SMILES string of the molecule is CSc1ccc(C(=O)OCC(O)COC(C)=C(C)C)cc1. The van der Waals surface area contributed by atoms with Crippen LogP contribution < -0.4 is 0 Å². The summed E-state index contributed by atoms with van der Waals surface area (Å²) in [6, 6.07) is 7.15. The van der Waals surface area contributed by atoms with Crippen LogP contribution in [-0.2, 0) is 9.47 Å². The van der Waals surface area contributed by atoms with Crippen molar-refractivity contribution in [3.8, 4) is 0 Å². The molecule has 4 nitrogen and oxygen atoms in total. The molecular weight excluding hydrogens is 288 g/mol. The van der Waals surface area contributed by atoms with Crippen molar-refractivity contribution in [2.24, 2.45) is 0 Å². The Bertz CT molecular complexity index is 490. The zero-order valence-corrected chi connectivity index (χ0v) is 13.7. The number of hydrogen-bond donors (Lipinski definition) is 1. The van der Waals surface area contributed by atoms with Crippen LogP contribution in [-0.4, -0.2) is 36.6 Å². The number of ether oxygens (including phenoxy) is 2. The highest BCUT2D eigenvalue weighted by molar-refractivity contribution is 7.98. The highest BCUT2D eigenvalue weighted by Crippen LogP contribution is 2.15. The van der Waals surface area contributed by atoms with Crippen LogP contribution in [0.1, 0.15) is 31.1 Å². The lowest BCUT2D eigenvalue weighted by Crippen LogP contribution is -2.23. The Hall–Kier alpha value is -1.46. The second kappa shape index (κ2) is 8.74. The number of allylic oxidation sites excluding steroid dienone is 2. The van der Waals surface area contributed by atoms with Crippen LogP contribution in [0.15, 0.2) is 40.5 Å². The molecule has 1 N–H and O–H groups in total. The summed E-state index contributed by atoms with van der Waals surface area (Å²) in [5.41, 5.74) is 1.52. The molecule has 0 radical (unpaired) electrons. The molecule has 1 rings (SSSR count). The maximum absolute atomic E-state index is 11.8. The van der Waals surface area contributed by atoms with Gasteiger partial charge in [0.15, 0.2) is 0 Å².